The van der Waals surface area contributed by atoms with Gasteiger partial charge in [0.1, 0.15) is 0 Å². The van der Waals surface area contributed by atoms with Gasteiger partial charge in [0.2, 0.25) is 5.91 Å². The molecule has 0 atom stereocenters. The van der Waals surface area contributed by atoms with Gasteiger partial charge in [-0.2, -0.15) is 0 Å². The van der Waals surface area contributed by atoms with Crippen molar-refractivity contribution in [1.82, 2.24) is 0 Å². The quantitative estimate of drug-likeness (QED) is 0.795. The maximum atomic E-state index is 12.3. The van der Waals surface area contributed by atoms with E-state index >= 15 is 0 Å². The highest BCUT2D eigenvalue weighted by Crippen LogP contribution is 2.14. The molecule has 112 valence electrons. The Morgan fingerprint density at radius 3 is 1.82 bits per heavy atom. The first-order chi connectivity index (χ1) is 10.5. The SMILES string of the molecule is NC(=O)Cc1ccc(CC(=O)c2ccccc2C(=O)O)cc1. The van der Waals surface area contributed by atoms with Crippen molar-refractivity contribution < 1.29 is 19.5 Å². The summed E-state index contributed by atoms with van der Waals surface area (Å²) in [5.41, 5.74) is 6.83. The first-order valence-corrected chi connectivity index (χ1v) is 6.69. The Kier molecular flexibility index (Phi) is 4.68. The highest BCUT2D eigenvalue weighted by molar-refractivity contribution is 6.06. The maximum absolute atomic E-state index is 12.3. The van der Waals surface area contributed by atoms with Crippen molar-refractivity contribution in [2.75, 3.05) is 0 Å². The number of rotatable bonds is 6. The Balaban J connectivity index is 2.15. The number of ketones is 1. The highest BCUT2D eigenvalue weighted by atomic mass is 16.4. The van der Waals surface area contributed by atoms with Gasteiger partial charge in [0.15, 0.2) is 5.78 Å². The summed E-state index contributed by atoms with van der Waals surface area (Å²) >= 11 is 0. The number of aromatic carboxylic acids is 1. The third-order valence-corrected chi connectivity index (χ3v) is 3.22. The molecule has 3 N–H and O–H groups in total. The van der Waals surface area contributed by atoms with Gasteiger partial charge in [0, 0.05) is 12.0 Å². The van der Waals surface area contributed by atoms with Crippen LogP contribution in [0.2, 0.25) is 0 Å². The smallest absolute Gasteiger partial charge is 0.336 e. The molecule has 2 aromatic rings. The standard InChI is InChI=1S/C17H15NO4/c18-16(20)10-12-7-5-11(6-8-12)9-15(19)13-3-1-2-4-14(13)17(21)22/h1-8H,9-10H2,(H2,18,20)(H,21,22). The molecule has 0 heterocycles. The van der Waals surface area contributed by atoms with Gasteiger partial charge >= 0.3 is 5.97 Å². The number of amides is 1. The minimum Gasteiger partial charge on any atom is -0.478 e. The lowest BCUT2D eigenvalue weighted by molar-refractivity contribution is -0.117. The van der Waals surface area contributed by atoms with E-state index in [1.165, 1.54) is 12.1 Å². The van der Waals surface area contributed by atoms with Crippen molar-refractivity contribution in [3.05, 3.63) is 70.8 Å². The summed E-state index contributed by atoms with van der Waals surface area (Å²) in [4.78, 5) is 34.2. The van der Waals surface area contributed by atoms with Crippen molar-refractivity contribution in [2.24, 2.45) is 5.73 Å². The van der Waals surface area contributed by atoms with Crippen LogP contribution >= 0.6 is 0 Å². The Hall–Kier alpha value is -2.95. The van der Waals surface area contributed by atoms with Crippen LogP contribution in [0.1, 0.15) is 31.8 Å². The van der Waals surface area contributed by atoms with Gasteiger partial charge in [-0.1, -0.05) is 42.5 Å². The van der Waals surface area contributed by atoms with Gasteiger partial charge in [-0.15, -0.1) is 0 Å². The van der Waals surface area contributed by atoms with E-state index in [1.807, 2.05) is 0 Å². The lowest BCUT2D eigenvalue weighted by Gasteiger charge is -2.06. The predicted molar refractivity (Wildman–Crippen MR) is 80.8 cm³/mol. The summed E-state index contributed by atoms with van der Waals surface area (Å²) in [5.74, 6) is -1.80. The molecule has 2 aromatic carbocycles. The minimum absolute atomic E-state index is 0.00199. The molecular formula is C17H15NO4. The molecule has 0 radical (unpaired) electrons. The van der Waals surface area contributed by atoms with E-state index in [1.54, 1.807) is 36.4 Å². The monoisotopic (exact) mass is 297 g/mol. The molecule has 0 unspecified atom stereocenters. The summed E-state index contributed by atoms with van der Waals surface area (Å²) in [6.07, 6.45) is 0.247. The van der Waals surface area contributed by atoms with Crippen molar-refractivity contribution in [1.29, 1.82) is 0 Å². The third-order valence-electron chi connectivity index (χ3n) is 3.22. The van der Waals surface area contributed by atoms with Crippen LogP contribution in [0.25, 0.3) is 0 Å². The van der Waals surface area contributed by atoms with Gasteiger partial charge in [0.25, 0.3) is 0 Å². The second-order valence-electron chi connectivity index (χ2n) is 4.91. The summed E-state index contributed by atoms with van der Waals surface area (Å²) in [5, 5.41) is 9.10. The zero-order chi connectivity index (χ0) is 16.1. The first-order valence-electron chi connectivity index (χ1n) is 6.69. The Morgan fingerprint density at radius 2 is 1.32 bits per heavy atom. The highest BCUT2D eigenvalue weighted by Gasteiger charge is 2.15. The van der Waals surface area contributed by atoms with Crippen molar-refractivity contribution in [2.45, 2.75) is 12.8 Å². The van der Waals surface area contributed by atoms with Gasteiger partial charge < -0.3 is 10.8 Å². The second-order valence-corrected chi connectivity index (χ2v) is 4.91. The average molecular weight is 297 g/mol. The molecule has 0 aliphatic rings. The van der Waals surface area contributed by atoms with Crippen LogP contribution < -0.4 is 5.73 Å². The fourth-order valence-electron chi connectivity index (χ4n) is 2.17. The van der Waals surface area contributed by atoms with Gasteiger partial charge in [-0.05, 0) is 17.2 Å². The van der Waals surface area contributed by atoms with E-state index < -0.39 is 11.9 Å². The van der Waals surface area contributed by atoms with E-state index in [9.17, 15) is 14.4 Å². The molecule has 0 aliphatic heterocycles. The number of primary amides is 1. The van der Waals surface area contributed by atoms with Gasteiger partial charge in [0.05, 0.1) is 12.0 Å². The number of carboxylic acid groups (broad SMARTS) is 1. The molecule has 0 spiro atoms. The fraction of sp³-hybridized carbons (Fsp3) is 0.118. The van der Waals surface area contributed by atoms with Crippen LogP contribution in [-0.2, 0) is 17.6 Å². The molecule has 0 saturated heterocycles. The van der Waals surface area contributed by atoms with Crippen LogP contribution in [0, 0.1) is 0 Å². The number of carbonyl (C=O) groups excluding carboxylic acids is 2. The zero-order valence-corrected chi connectivity index (χ0v) is 11.8. The van der Waals surface area contributed by atoms with Crippen LogP contribution in [-0.4, -0.2) is 22.8 Å². The molecule has 0 aromatic heterocycles. The third kappa shape index (κ3) is 3.79. The van der Waals surface area contributed by atoms with Gasteiger partial charge in [-0.3, -0.25) is 9.59 Å². The van der Waals surface area contributed by atoms with Crippen molar-refractivity contribution in [3.8, 4) is 0 Å². The Labute approximate surface area is 127 Å². The number of nitrogens with two attached hydrogens (primary N) is 1. The van der Waals surface area contributed by atoms with Crippen LogP contribution in [0.5, 0.6) is 0 Å². The van der Waals surface area contributed by atoms with E-state index in [2.05, 4.69) is 0 Å². The number of benzene rings is 2. The molecule has 0 bridgehead atoms. The largest absolute Gasteiger partial charge is 0.478 e. The summed E-state index contributed by atoms with van der Waals surface area (Å²) in [7, 11) is 0. The topological polar surface area (TPSA) is 97.5 Å². The molecular weight excluding hydrogens is 282 g/mol. The fourth-order valence-corrected chi connectivity index (χ4v) is 2.17. The van der Waals surface area contributed by atoms with Crippen molar-refractivity contribution in [3.63, 3.8) is 0 Å². The molecule has 22 heavy (non-hydrogen) atoms. The van der Waals surface area contributed by atoms with E-state index in [-0.39, 0.29) is 29.8 Å². The number of carboxylic acids is 1. The normalized spacial score (nSPS) is 10.2. The maximum Gasteiger partial charge on any atom is 0.336 e. The Bertz CT molecular complexity index is 720. The summed E-state index contributed by atoms with van der Waals surface area (Å²) < 4.78 is 0. The van der Waals surface area contributed by atoms with Crippen LogP contribution in [0.3, 0.4) is 0 Å². The number of Topliss-reactive ketones (excluding diaryl/α,β-unsaturated/α-hetero) is 1. The molecule has 0 saturated carbocycles. The lowest BCUT2D eigenvalue weighted by atomic mass is 9.98. The van der Waals surface area contributed by atoms with E-state index in [0.717, 1.165) is 11.1 Å². The number of carbonyl (C=O) groups is 3. The number of hydrogen-bond acceptors (Lipinski definition) is 3. The molecule has 1 amide bonds. The van der Waals surface area contributed by atoms with Crippen molar-refractivity contribution >= 4 is 17.7 Å². The zero-order valence-electron chi connectivity index (χ0n) is 11.8. The van der Waals surface area contributed by atoms with Crippen LogP contribution in [0.15, 0.2) is 48.5 Å². The lowest BCUT2D eigenvalue weighted by Crippen LogP contribution is -2.13. The minimum atomic E-state index is -1.12. The molecule has 5 heteroatoms. The average Bonchev–Trinajstić information content (AvgIpc) is 2.48. The first kappa shape index (κ1) is 15.4. The van der Waals surface area contributed by atoms with E-state index in [4.69, 9.17) is 10.8 Å². The molecule has 0 aliphatic carbocycles. The van der Waals surface area contributed by atoms with E-state index in [0.29, 0.717) is 0 Å². The van der Waals surface area contributed by atoms with Gasteiger partial charge in [-0.25, -0.2) is 4.79 Å². The summed E-state index contributed by atoms with van der Waals surface area (Å²) in [6, 6.07) is 13.1. The molecule has 0 fully saturated rings. The number of hydrogen-bond donors (Lipinski definition) is 2. The predicted octanol–water partition coefficient (Wildman–Crippen LogP) is 1.84. The second kappa shape index (κ2) is 6.67. The van der Waals surface area contributed by atoms with Crippen LogP contribution in [0.4, 0.5) is 0 Å². The molecule has 2 rings (SSSR count). The summed E-state index contributed by atoms with van der Waals surface area (Å²) in [6.45, 7) is 0. The Morgan fingerprint density at radius 1 is 0.818 bits per heavy atom. The molecule has 5 nitrogen and oxygen atoms in total.